The van der Waals surface area contributed by atoms with Crippen LogP contribution in [0.2, 0.25) is 0 Å². The van der Waals surface area contributed by atoms with Crippen molar-refractivity contribution in [2.45, 2.75) is 4.90 Å². The Hall–Kier alpha value is -1.71. The smallest absolute Gasteiger partial charge is 0.297 e. The minimum Gasteiger partial charge on any atom is -0.382 e. The molecule has 0 unspecified atom stereocenters. The Bertz CT molecular complexity index is 712. The maximum atomic E-state index is 12.0. The van der Waals surface area contributed by atoms with Crippen molar-refractivity contribution in [3.05, 3.63) is 34.4 Å². The van der Waals surface area contributed by atoms with Crippen LogP contribution in [0.25, 0.3) is 0 Å². The van der Waals surface area contributed by atoms with Gasteiger partial charge in [0.15, 0.2) is 0 Å². The summed E-state index contributed by atoms with van der Waals surface area (Å²) in [5, 5.41) is 10.6. The Kier molecular flexibility index (Phi) is 15.8. The van der Waals surface area contributed by atoms with Crippen molar-refractivity contribution in [2.24, 2.45) is 0 Å². The van der Waals surface area contributed by atoms with Crippen LogP contribution in [-0.2, 0) is 42.7 Å². The van der Waals surface area contributed by atoms with E-state index in [2.05, 4.69) is 0 Å². The minimum atomic E-state index is -4.00. The summed E-state index contributed by atoms with van der Waals surface area (Å²) in [7, 11) is -2.38. The summed E-state index contributed by atoms with van der Waals surface area (Å²) in [6, 6.07) is 4.44. The van der Waals surface area contributed by atoms with Crippen molar-refractivity contribution in [2.75, 3.05) is 86.4 Å². The second kappa shape index (κ2) is 17.8. The fourth-order valence-electron chi connectivity index (χ4n) is 2.13. The van der Waals surface area contributed by atoms with Gasteiger partial charge in [0, 0.05) is 19.2 Å². The maximum absolute atomic E-state index is 12.0. The monoisotopic (exact) mass is 481 g/mol. The van der Waals surface area contributed by atoms with Crippen molar-refractivity contribution in [3.8, 4) is 0 Å². The van der Waals surface area contributed by atoms with Gasteiger partial charge in [-0.15, -0.1) is 0 Å². The number of nitro benzene ring substituents is 1. The van der Waals surface area contributed by atoms with Crippen LogP contribution in [0.5, 0.6) is 0 Å². The van der Waals surface area contributed by atoms with Gasteiger partial charge in [0.2, 0.25) is 0 Å². The zero-order valence-electron chi connectivity index (χ0n) is 18.1. The first-order valence-electron chi connectivity index (χ1n) is 9.99. The first-order chi connectivity index (χ1) is 15.5. The molecule has 0 saturated heterocycles. The lowest BCUT2D eigenvalue weighted by Gasteiger charge is -2.08. The quantitative estimate of drug-likeness (QED) is 0.107. The average molecular weight is 482 g/mol. The van der Waals surface area contributed by atoms with Crippen LogP contribution in [0.15, 0.2) is 29.2 Å². The van der Waals surface area contributed by atoms with Crippen LogP contribution in [0.4, 0.5) is 5.69 Å². The van der Waals surface area contributed by atoms with E-state index < -0.39 is 15.0 Å². The zero-order chi connectivity index (χ0) is 23.5. The summed E-state index contributed by atoms with van der Waals surface area (Å²) < 4.78 is 60.1. The van der Waals surface area contributed by atoms with Crippen LogP contribution in [0.1, 0.15) is 0 Å². The molecule has 0 aliphatic rings. The van der Waals surface area contributed by atoms with E-state index in [1.165, 1.54) is 0 Å². The van der Waals surface area contributed by atoms with Crippen LogP contribution in [0, 0.1) is 10.1 Å². The predicted octanol–water partition coefficient (Wildman–Crippen LogP) is 1.03. The highest BCUT2D eigenvalue weighted by Gasteiger charge is 2.16. The molecule has 0 fully saturated rings. The topological polar surface area (TPSA) is 142 Å². The maximum Gasteiger partial charge on any atom is 0.297 e. The largest absolute Gasteiger partial charge is 0.382 e. The average Bonchev–Trinajstić information content (AvgIpc) is 2.78. The molecule has 0 saturated carbocycles. The molecule has 0 amide bonds. The van der Waals surface area contributed by atoms with Crippen molar-refractivity contribution < 1.29 is 45.9 Å². The predicted molar refractivity (Wildman–Crippen MR) is 112 cm³/mol. The van der Waals surface area contributed by atoms with Gasteiger partial charge in [-0.3, -0.25) is 14.3 Å². The molecular formula is C19H31NO11S. The third kappa shape index (κ3) is 13.6. The molecule has 184 valence electrons. The number of non-ortho nitro benzene ring substituents is 1. The second-order valence-corrected chi connectivity index (χ2v) is 7.70. The molecule has 0 bridgehead atoms. The van der Waals surface area contributed by atoms with Gasteiger partial charge in [0.05, 0.1) is 89.1 Å². The van der Waals surface area contributed by atoms with E-state index in [4.69, 9.17) is 32.6 Å². The second-order valence-electron chi connectivity index (χ2n) is 6.08. The van der Waals surface area contributed by atoms with E-state index in [0.29, 0.717) is 59.5 Å². The lowest BCUT2D eigenvalue weighted by atomic mass is 10.3. The fourth-order valence-corrected chi connectivity index (χ4v) is 3.02. The molecule has 1 aromatic rings. The summed E-state index contributed by atoms with van der Waals surface area (Å²) in [6.45, 7) is 4.34. The molecule has 32 heavy (non-hydrogen) atoms. The third-order valence-corrected chi connectivity index (χ3v) is 5.05. The zero-order valence-corrected chi connectivity index (χ0v) is 19.0. The van der Waals surface area contributed by atoms with Crippen LogP contribution >= 0.6 is 0 Å². The number of hydrogen-bond donors (Lipinski definition) is 0. The van der Waals surface area contributed by atoms with Gasteiger partial charge < -0.3 is 28.4 Å². The number of nitrogens with zero attached hydrogens (tertiary/aromatic N) is 1. The fraction of sp³-hybridized carbons (Fsp3) is 0.684. The van der Waals surface area contributed by atoms with Gasteiger partial charge in [-0.2, -0.15) is 8.42 Å². The standard InChI is InChI=1S/C19H31NO11S/c1-25-6-7-26-8-9-27-10-11-28-12-13-29-14-15-30-16-17-31-32(23,24)19-4-2-18(3-5-19)20(21)22/h2-5H,6-17H2,1H3. The number of hydrogen-bond acceptors (Lipinski definition) is 11. The van der Waals surface area contributed by atoms with Gasteiger partial charge in [-0.05, 0) is 12.1 Å². The highest BCUT2D eigenvalue weighted by Crippen LogP contribution is 2.17. The molecule has 0 heterocycles. The molecule has 0 radical (unpaired) electrons. The molecular weight excluding hydrogens is 450 g/mol. The Morgan fingerprint density at radius 3 is 1.44 bits per heavy atom. The number of methoxy groups -OCH3 is 1. The molecule has 0 spiro atoms. The summed E-state index contributed by atoms with van der Waals surface area (Å²) in [5.74, 6) is 0. The van der Waals surface area contributed by atoms with Crippen LogP contribution in [-0.4, -0.2) is 99.7 Å². The third-order valence-electron chi connectivity index (χ3n) is 3.72. The van der Waals surface area contributed by atoms with Crippen LogP contribution in [0.3, 0.4) is 0 Å². The van der Waals surface area contributed by atoms with E-state index >= 15 is 0 Å². The van der Waals surface area contributed by atoms with E-state index in [1.807, 2.05) is 0 Å². The number of rotatable bonds is 21. The summed E-state index contributed by atoms with van der Waals surface area (Å²) in [5.41, 5.74) is -0.203. The number of nitro groups is 1. The Morgan fingerprint density at radius 2 is 1.06 bits per heavy atom. The van der Waals surface area contributed by atoms with E-state index in [1.54, 1.807) is 7.11 Å². The van der Waals surface area contributed by atoms with Crippen molar-refractivity contribution >= 4 is 15.8 Å². The molecule has 12 nitrogen and oxygen atoms in total. The van der Waals surface area contributed by atoms with Gasteiger partial charge in [-0.1, -0.05) is 0 Å². The van der Waals surface area contributed by atoms with E-state index in [9.17, 15) is 18.5 Å². The van der Waals surface area contributed by atoms with Gasteiger partial charge in [-0.25, -0.2) is 0 Å². The van der Waals surface area contributed by atoms with Gasteiger partial charge >= 0.3 is 0 Å². The van der Waals surface area contributed by atoms with Gasteiger partial charge in [0.25, 0.3) is 15.8 Å². The summed E-state index contributed by atoms with van der Waals surface area (Å²) in [4.78, 5) is 9.82. The van der Waals surface area contributed by atoms with Crippen molar-refractivity contribution in [1.29, 1.82) is 0 Å². The molecule has 0 aliphatic heterocycles. The Balaban J connectivity index is 1.91. The molecule has 0 aromatic heterocycles. The lowest BCUT2D eigenvalue weighted by Crippen LogP contribution is -2.15. The molecule has 1 aromatic carbocycles. The summed E-state index contributed by atoms with van der Waals surface area (Å²) >= 11 is 0. The minimum absolute atomic E-state index is 0.0542. The first kappa shape index (κ1) is 28.3. The molecule has 13 heteroatoms. The molecule has 0 N–H and O–H groups in total. The Morgan fingerprint density at radius 1 is 0.688 bits per heavy atom. The number of benzene rings is 1. The normalized spacial score (nSPS) is 11.7. The van der Waals surface area contributed by atoms with Crippen molar-refractivity contribution in [1.82, 2.24) is 0 Å². The molecule has 1 rings (SSSR count). The Labute approximate surface area is 187 Å². The SMILES string of the molecule is COCCOCCOCCOCCOCCOCCOS(=O)(=O)c1ccc([N+](=O)[O-])cc1. The number of ether oxygens (including phenoxy) is 6. The lowest BCUT2D eigenvalue weighted by molar-refractivity contribution is -0.384. The van der Waals surface area contributed by atoms with Crippen LogP contribution < -0.4 is 0 Å². The van der Waals surface area contributed by atoms with Gasteiger partial charge in [0.1, 0.15) is 0 Å². The highest BCUT2D eigenvalue weighted by molar-refractivity contribution is 7.86. The molecule has 0 atom stereocenters. The first-order valence-corrected chi connectivity index (χ1v) is 11.4. The van der Waals surface area contributed by atoms with E-state index in [-0.39, 0.29) is 30.4 Å². The summed E-state index contributed by atoms with van der Waals surface area (Å²) in [6.07, 6.45) is 0. The van der Waals surface area contributed by atoms with Crippen molar-refractivity contribution in [3.63, 3.8) is 0 Å². The highest BCUT2D eigenvalue weighted by atomic mass is 32.2. The molecule has 0 aliphatic carbocycles. The van der Waals surface area contributed by atoms with E-state index in [0.717, 1.165) is 24.3 Å².